The molecule has 0 aromatic carbocycles. The predicted octanol–water partition coefficient (Wildman–Crippen LogP) is -0.950. The molecule has 0 bridgehead atoms. The molecule has 0 spiro atoms. The van der Waals surface area contributed by atoms with Crippen molar-refractivity contribution >= 4 is 34.3 Å². The average molecular weight is 386 g/mol. The highest BCUT2D eigenvalue weighted by molar-refractivity contribution is 7.13. The molecular formula is C15H22N4O6S. The van der Waals surface area contributed by atoms with E-state index in [1.165, 1.54) is 18.4 Å². The van der Waals surface area contributed by atoms with Crippen molar-refractivity contribution in [1.29, 1.82) is 0 Å². The van der Waals surface area contributed by atoms with Crippen molar-refractivity contribution in [3.8, 4) is 0 Å². The number of hydrogen-bond acceptors (Lipinski definition) is 8. The quantitative estimate of drug-likeness (QED) is 0.448. The Bertz CT molecular complexity index is 644. The van der Waals surface area contributed by atoms with Crippen LogP contribution in [-0.4, -0.2) is 78.5 Å². The molecule has 1 aliphatic heterocycles. The molecule has 2 amide bonds. The topological polar surface area (TPSA) is 141 Å². The molecule has 2 rings (SSSR count). The highest BCUT2D eigenvalue weighted by atomic mass is 32.1. The number of nitrogens with zero attached hydrogens (tertiary/aromatic N) is 2. The number of aliphatic carboxylic acids is 1. The SMILES string of the molecule is COCC(=O)NC1CCN(c2nc(C(=O)N[C@@H](CO)C(=O)O)cs2)CC1. The van der Waals surface area contributed by atoms with E-state index >= 15 is 0 Å². The van der Waals surface area contributed by atoms with E-state index < -0.39 is 24.5 Å². The van der Waals surface area contributed by atoms with Gasteiger partial charge in [0.1, 0.15) is 12.3 Å². The van der Waals surface area contributed by atoms with Gasteiger partial charge < -0.3 is 30.5 Å². The van der Waals surface area contributed by atoms with E-state index in [1.54, 1.807) is 5.38 Å². The van der Waals surface area contributed by atoms with Gasteiger partial charge >= 0.3 is 5.97 Å². The number of piperidine rings is 1. The molecule has 1 atom stereocenters. The lowest BCUT2D eigenvalue weighted by molar-refractivity contribution is -0.140. The Hall–Kier alpha value is -2.24. The fourth-order valence-corrected chi connectivity index (χ4v) is 3.41. The Morgan fingerprint density at radius 3 is 2.69 bits per heavy atom. The third kappa shape index (κ3) is 5.38. The molecule has 0 aliphatic carbocycles. The van der Waals surface area contributed by atoms with Crippen LogP contribution < -0.4 is 15.5 Å². The van der Waals surface area contributed by atoms with Crippen molar-refractivity contribution in [1.82, 2.24) is 15.6 Å². The molecule has 144 valence electrons. The first-order valence-corrected chi connectivity index (χ1v) is 8.95. The number of carbonyl (C=O) groups excluding carboxylic acids is 2. The van der Waals surface area contributed by atoms with Gasteiger partial charge in [0.2, 0.25) is 5.91 Å². The Morgan fingerprint density at radius 2 is 2.12 bits per heavy atom. The fraction of sp³-hybridized carbons (Fsp3) is 0.600. The first kappa shape index (κ1) is 20.1. The van der Waals surface area contributed by atoms with Gasteiger partial charge in [-0.25, -0.2) is 9.78 Å². The zero-order chi connectivity index (χ0) is 19.1. The van der Waals surface area contributed by atoms with E-state index in [1.807, 2.05) is 4.90 Å². The molecule has 1 aromatic rings. The lowest BCUT2D eigenvalue weighted by Gasteiger charge is -2.32. The maximum atomic E-state index is 12.0. The van der Waals surface area contributed by atoms with E-state index in [-0.39, 0.29) is 24.2 Å². The Labute approximate surface area is 154 Å². The molecular weight excluding hydrogens is 364 g/mol. The van der Waals surface area contributed by atoms with Crippen molar-refractivity contribution in [2.45, 2.75) is 24.9 Å². The number of thiazole rings is 1. The van der Waals surface area contributed by atoms with Gasteiger partial charge in [-0.3, -0.25) is 9.59 Å². The summed E-state index contributed by atoms with van der Waals surface area (Å²) >= 11 is 1.29. The van der Waals surface area contributed by atoms with Crippen molar-refractivity contribution in [3.05, 3.63) is 11.1 Å². The summed E-state index contributed by atoms with van der Waals surface area (Å²) in [4.78, 5) is 40.7. The first-order valence-electron chi connectivity index (χ1n) is 8.08. The standard InChI is InChI=1S/C15H22N4O6S/c1-25-7-12(21)16-9-2-4-19(5-3-9)15-18-11(8-26-15)13(22)17-10(6-20)14(23)24/h8-10,20H,2-7H2,1H3,(H,16,21)(H,17,22)(H,23,24)/t10-/m0/s1. The van der Waals surface area contributed by atoms with Gasteiger partial charge in [0.25, 0.3) is 5.91 Å². The Morgan fingerprint density at radius 1 is 1.42 bits per heavy atom. The lowest BCUT2D eigenvalue weighted by Crippen LogP contribution is -2.45. The Balaban J connectivity index is 1.87. The zero-order valence-electron chi connectivity index (χ0n) is 14.3. The van der Waals surface area contributed by atoms with Crippen LogP contribution in [0.1, 0.15) is 23.3 Å². The van der Waals surface area contributed by atoms with Crippen molar-refractivity contribution < 1.29 is 29.3 Å². The number of methoxy groups -OCH3 is 1. The maximum absolute atomic E-state index is 12.0. The van der Waals surface area contributed by atoms with E-state index in [0.29, 0.717) is 18.2 Å². The van der Waals surface area contributed by atoms with Gasteiger partial charge in [0.05, 0.1) is 6.61 Å². The summed E-state index contributed by atoms with van der Waals surface area (Å²) in [5.41, 5.74) is 0.111. The number of aromatic nitrogens is 1. The number of anilines is 1. The predicted molar refractivity (Wildman–Crippen MR) is 93.3 cm³/mol. The number of carboxylic acid groups (broad SMARTS) is 1. The normalized spacial score (nSPS) is 16.2. The molecule has 4 N–H and O–H groups in total. The fourth-order valence-electron chi connectivity index (χ4n) is 2.55. The second-order valence-electron chi connectivity index (χ2n) is 5.82. The lowest BCUT2D eigenvalue weighted by atomic mass is 10.1. The summed E-state index contributed by atoms with van der Waals surface area (Å²) in [6, 6.07) is -1.28. The van der Waals surface area contributed by atoms with Crippen LogP contribution in [0.25, 0.3) is 0 Å². The molecule has 1 aliphatic rings. The van der Waals surface area contributed by atoms with Gasteiger partial charge in [0.15, 0.2) is 11.2 Å². The highest BCUT2D eigenvalue weighted by Crippen LogP contribution is 2.24. The van der Waals surface area contributed by atoms with Gasteiger partial charge in [0, 0.05) is 31.6 Å². The number of ether oxygens (including phenoxy) is 1. The zero-order valence-corrected chi connectivity index (χ0v) is 15.1. The molecule has 0 radical (unpaired) electrons. The number of rotatable bonds is 8. The minimum absolute atomic E-state index is 0.0380. The van der Waals surface area contributed by atoms with Crippen LogP contribution in [0.4, 0.5) is 5.13 Å². The third-order valence-corrected chi connectivity index (χ3v) is 4.82. The number of carbonyl (C=O) groups is 3. The van der Waals surface area contributed by atoms with E-state index in [9.17, 15) is 14.4 Å². The molecule has 1 fully saturated rings. The molecule has 1 aromatic heterocycles. The first-order chi connectivity index (χ1) is 12.4. The van der Waals surface area contributed by atoms with Gasteiger partial charge in [-0.05, 0) is 12.8 Å². The van der Waals surface area contributed by atoms with Gasteiger partial charge in [-0.15, -0.1) is 11.3 Å². The third-order valence-electron chi connectivity index (χ3n) is 3.92. The summed E-state index contributed by atoms with van der Waals surface area (Å²) < 4.78 is 4.79. The number of hydrogen-bond donors (Lipinski definition) is 4. The minimum atomic E-state index is -1.36. The largest absolute Gasteiger partial charge is 0.480 e. The summed E-state index contributed by atoms with van der Waals surface area (Å²) in [5.74, 6) is -2.10. The monoisotopic (exact) mass is 386 g/mol. The van der Waals surface area contributed by atoms with E-state index in [2.05, 4.69) is 15.6 Å². The van der Waals surface area contributed by atoms with Crippen molar-refractivity contribution in [2.75, 3.05) is 38.3 Å². The minimum Gasteiger partial charge on any atom is -0.480 e. The second-order valence-corrected chi connectivity index (χ2v) is 6.66. The van der Waals surface area contributed by atoms with Crippen LogP contribution in [-0.2, 0) is 14.3 Å². The van der Waals surface area contributed by atoms with Gasteiger partial charge in [-0.1, -0.05) is 0 Å². The van der Waals surface area contributed by atoms with E-state index in [0.717, 1.165) is 12.8 Å². The maximum Gasteiger partial charge on any atom is 0.328 e. The van der Waals surface area contributed by atoms with Crippen LogP contribution >= 0.6 is 11.3 Å². The molecule has 1 saturated heterocycles. The van der Waals surface area contributed by atoms with Crippen LogP contribution in [0, 0.1) is 0 Å². The van der Waals surface area contributed by atoms with Crippen LogP contribution in [0.3, 0.4) is 0 Å². The van der Waals surface area contributed by atoms with Crippen LogP contribution in [0.2, 0.25) is 0 Å². The Kier molecular flexibility index (Phi) is 7.30. The summed E-state index contributed by atoms with van der Waals surface area (Å²) in [7, 11) is 1.47. The van der Waals surface area contributed by atoms with Gasteiger partial charge in [-0.2, -0.15) is 0 Å². The van der Waals surface area contributed by atoms with Crippen molar-refractivity contribution in [2.24, 2.45) is 0 Å². The van der Waals surface area contributed by atoms with Crippen molar-refractivity contribution in [3.63, 3.8) is 0 Å². The van der Waals surface area contributed by atoms with Crippen LogP contribution in [0.5, 0.6) is 0 Å². The average Bonchev–Trinajstić information content (AvgIpc) is 3.10. The van der Waals surface area contributed by atoms with Crippen LogP contribution in [0.15, 0.2) is 5.38 Å². The molecule has 2 heterocycles. The number of amides is 2. The number of aliphatic hydroxyl groups is 1. The molecule has 10 nitrogen and oxygen atoms in total. The summed E-state index contributed by atoms with van der Waals surface area (Å²) in [6.07, 6.45) is 1.50. The smallest absolute Gasteiger partial charge is 0.328 e. The van der Waals surface area contributed by atoms with E-state index in [4.69, 9.17) is 14.9 Å². The second kappa shape index (κ2) is 9.46. The molecule has 26 heavy (non-hydrogen) atoms. The number of nitrogens with one attached hydrogen (secondary N) is 2. The molecule has 0 unspecified atom stereocenters. The number of carboxylic acids is 1. The number of aliphatic hydroxyl groups excluding tert-OH is 1. The summed E-state index contributed by atoms with van der Waals surface area (Å²) in [5, 5.41) is 25.2. The summed E-state index contributed by atoms with van der Waals surface area (Å²) in [6.45, 7) is 0.707. The molecule has 0 saturated carbocycles. The highest BCUT2D eigenvalue weighted by Gasteiger charge is 2.25. The molecule has 11 heteroatoms.